The zero-order valence-corrected chi connectivity index (χ0v) is 16.3. The summed E-state index contributed by atoms with van der Waals surface area (Å²) in [5.41, 5.74) is 3.64. The summed E-state index contributed by atoms with van der Waals surface area (Å²) in [5.74, 6) is -0.669. The van der Waals surface area contributed by atoms with E-state index in [1.54, 1.807) is 0 Å². The van der Waals surface area contributed by atoms with E-state index >= 15 is 0 Å². The molecule has 0 unspecified atom stereocenters. The van der Waals surface area contributed by atoms with E-state index < -0.39 is 24.5 Å². The first-order chi connectivity index (χ1) is 12.3. The molecule has 0 spiro atoms. The third kappa shape index (κ3) is 5.53. The molecule has 1 aliphatic rings. The molecule has 1 aromatic carbocycles. The van der Waals surface area contributed by atoms with Crippen molar-refractivity contribution in [1.29, 1.82) is 0 Å². The first-order valence-electron chi connectivity index (χ1n) is 9.60. The average molecular weight is 364 g/mol. The predicted octanol–water partition coefficient (Wildman–Crippen LogP) is 3.55. The number of carboxylic acids is 1. The first-order valence-corrected chi connectivity index (χ1v) is 9.60. The highest BCUT2D eigenvalue weighted by molar-refractivity contribution is 5.72. The van der Waals surface area contributed by atoms with Crippen molar-refractivity contribution in [2.24, 2.45) is 11.8 Å². The SMILES string of the molecule is CCCc1ccc(CO[C@@H]2O[C@H](C(=O)O)C[C@H](C)[C@H]2O)c(CC(C)C)c1. The van der Waals surface area contributed by atoms with Crippen LogP contribution in [0.4, 0.5) is 0 Å². The Morgan fingerprint density at radius 2 is 2.08 bits per heavy atom. The number of hydrogen-bond acceptors (Lipinski definition) is 4. The second kappa shape index (κ2) is 9.49. The maximum Gasteiger partial charge on any atom is 0.332 e. The molecule has 26 heavy (non-hydrogen) atoms. The Labute approximate surface area is 156 Å². The zero-order valence-electron chi connectivity index (χ0n) is 16.3. The topological polar surface area (TPSA) is 76.0 Å². The van der Waals surface area contributed by atoms with Crippen LogP contribution in [0.25, 0.3) is 0 Å². The summed E-state index contributed by atoms with van der Waals surface area (Å²) in [6.07, 6.45) is 0.738. The highest BCUT2D eigenvalue weighted by atomic mass is 16.7. The molecule has 0 amide bonds. The summed E-state index contributed by atoms with van der Waals surface area (Å²) in [6.45, 7) is 8.66. The molecular formula is C21H32O5. The lowest BCUT2D eigenvalue weighted by Gasteiger charge is -2.36. The highest BCUT2D eigenvalue weighted by Gasteiger charge is 2.39. The van der Waals surface area contributed by atoms with Crippen molar-refractivity contribution in [3.63, 3.8) is 0 Å². The van der Waals surface area contributed by atoms with Crippen LogP contribution < -0.4 is 0 Å². The van der Waals surface area contributed by atoms with E-state index in [0.717, 1.165) is 24.8 Å². The van der Waals surface area contributed by atoms with Crippen LogP contribution >= 0.6 is 0 Å². The molecule has 2 rings (SSSR count). The number of rotatable bonds is 8. The lowest BCUT2D eigenvalue weighted by atomic mass is 9.93. The van der Waals surface area contributed by atoms with E-state index in [2.05, 4.69) is 39.0 Å². The van der Waals surface area contributed by atoms with E-state index in [9.17, 15) is 15.0 Å². The van der Waals surface area contributed by atoms with Gasteiger partial charge in [-0.3, -0.25) is 0 Å². The zero-order chi connectivity index (χ0) is 19.3. The molecule has 1 heterocycles. The van der Waals surface area contributed by atoms with Gasteiger partial charge in [0, 0.05) is 0 Å². The van der Waals surface area contributed by atoms with Gasteiger partial charge in [0.1, 0.15) is 6.10 Å². The molecule has 5 heteroatoms. The van der Waals surface area contributed by atoms with Gasteiger partial charge in [0.25, 0.3) is 0 Å². The van der Waals surface area contributed by atoms with Gasteiger partial charge in [0.15, 0.2) is 12.4 Å². The van der Waals surface area contributed by atoms with Crippen molar-refractivity contribution in [2.45, 2.75) is 78.5 Å². The predicted molar refractivity (Wildman–Crippen MR) is 99.9 cm³/mol. The van der Waals surface area contributed by atoms with E-state index in [-0.39, 0.29) is 5.92 Å². The van der Waals surface area contributed by atoms with Crippen LogP contribution in [0.2, 0.25) is 0 Å². The van der Waals surface area contributed by atoms with Crippen LogP contribution in [0.3, 0.4) is 0 Å². The van der Waals surface area contributed by atoms with Crippen molar-refractivity contribution in [3.8, 4) is 0 Å². The molecule has 1 fully saturated rings. The minimum atomic E-state index is -1.01. The number of aliphatic carboxylic acids is 1. The number of carboxylic acid groups (broad SMARTS) is 1. The van der Waals surface area contributed by atoms with Gasteiger partial charge in [0.05, 0.1) is 6.61 Å². The largest absolute Gasteiger partial charge is 0.479 e. The van der Waals surface area contributed by atoms with Crippen molar-refractivity contribution in [3.05, 3.63) is 34.9 Å². The second-order valence-corrected chi connectivity index (χ2v) is 7.80. The maximum absolute atomic E-state index is 11.2. The van der Waals surface area contributed by atoms with Crippen LogP contribution in [0.15, 0.2) is 18.2 Å². The molecule has 0 bridgehead atoms. The van der Waals surface area contributed by atoms with Gasteiger partial charge in [0.2, 0.25) is 0 Å². The molecule has 0 aromatic heterocycles. The molecule has 4 atom stereocenters. The molecule has 0 aliphatic carbocycles. The summed E-state index contributed by atoms with van der Waals surface area (Å²) in [4.78, 5) is 11.2. The minimum Gasteiger partial charge on any atom is -0.479 e. The molecule has 1 aliphatic heterocycles. The molecule has 1 aromatic rings. The lowest BCUT2D eigenvalue weighted by molar-refractivity contribution is -0.258. The Hall–Kier alpha value is -1.43. The van der Waals surface area contributed by atoms with E-state index in [1.807, 2.05) is 6.92 Å². The van der Waals surface area contributed by atoms with Gasteiger partial charge in [-0.05, 0) is 47.8 Å². The Kier molecular flexibility index (Phi) is 7.62. The fourth-order valence-corrected chi connectivity index (χ4v) is 3.41. The number of benzene rings is 1. The van der Waals surface area contributed by atoms with Gasteiger partial charge in [-0.25, -0.2) is 4.79 Å². The van der Waals surface area contributed by atoms with Gasteiger partial charge in [-0.1, -0.05) is 52.3 Å². The summed E-state index contributed by atoms with van der Waals surface area (Å²) >= 11 is 0. The Bertz CT molecular complexity index is 598. The summed E-state index contributed by atoms with van der Waals surface area (Å²) in [5, 5.41) is 19.5. The van der Waals surface area contributed by atoms with Crippen LogP contribution in [0.1, 0.15) is 57.2 Å². The minimum absolute atomic E-state index is 0.183. The third-order valence-electron chi connectivity index (χ3n) is 4.86. The quantitative estimate of drug-likeness (QED) is 0.738. The number of aliphatic hydroxyl groups is 1. The summed E-state index contributed by atoms with van der Waals surface area (Å²) in [7, 11) is 0. The fourth-order valence-electron chi connectivity index (χ4n) is 3.41. The van der Waals surface area contributed by atoms with Gasteiger partial charge < -0.3 is 19.7 Å². The number of carbonyl (C=O) groups is 1. The van der Waals surface area contributed by atoms with E-state index in [4.69, 9.17) is 9.47 Å². The van der Waals surface area contributed by atoms with Crippen molar-refractivity contribution >= 4 is 5.97 Å². The van der Waals surface area contributed by atoms with Gasteiger partial charge >= 0.3 is 5.97 Å². The van der Waals surface area contributed by atoms with E-state index in [0.29, 0.717) is 18.9 Å². The van der Waals surface area contributed by atoms with Crippen molar-refractivity contribution in [1.82, 2.24) is 0 Å². The Morgan fingerprint density at radius 3 is 2.69 bits per heavy atom. The highest BCUT2D eigenvalue weighted by Crippen LogP contribution is 2.27. The molecule has 2 N–H and O–H groups in total. The maximum atomic E-state index is 11.2. The lowest BCUT2D eigenvalue weighted by Crippen LogP contribution is -2.48. The number of hydrogen-bond donors (Lipinski definition) is 2. The second-order valence-electron chi connectivity index (χ2n) is 7.80. The Balaban J connectivity index is 2.10. The van der Waals surface area contributed by atoms with Crippen LogP contribution in [-0.4, -0.2) is 34.7 Å². The van der Waals surface area contributed by atoms with E-state index in [1.165, 1.54) is 11.1 Å². The molecule has 5 nitrogen and oxygen atoms in total. The normalized spacial score (nSPS) is 26.2. The molecule has 1 saturated heterocycles. The molecular weight excluding hydrogens is 332 g/mol. The molecule has 0 radical (unpaired) electrons. The summed E-state index contributed by atoms with van der Waals surface area (Å²) in [6, 6.07) is 6.44. The van der Waals surface area contributed by atoms with Crippen LogP contribution in [-0.2, 0) is 33.7 Å². The smallest absolute Gasteiger partial charge is 0.332 e. The van der Waals surface area contributed by atoms with Crippen LogP contribution in [0, 0.1) is 11.8 Å². The van der Waals surface area contributed by atoms with Gasteiger partial charge in [-0.15, -0.1) is 0 Å². The first kappa shape index (κ1) is 20.9. The van der Waals surface area contributed by atoms with Crippen molar-refractivity contribution in [2.75, 3.05) is 0 Å². The fraction of sp³-hybridized carbons (Fsp3) is 0.667. The number of aryl methyl sites for hydroxylation is 1. The average Bonchev–Trinajstić information content (AvgIpc) is 2.57. The van der Waals surface area contributed by atoms with Crippen molar-refractivity contribution < 1.29 is 24.5 Å². The molecule has 146 valence electrons. The summed E-state index contributed by atoms with van der Waals surface area (Å²) < 4.78 is 11.3. The third-order valence-corrected chi connectivity index (χ3v) is 4.86. The number of aliphatic hydroxyl groups excluding tert-OH is 1. The number of ether oxygens (including phenoxy) is 2. The van der Waals surface area contributed by atoms with Crippen LogP contribution in [0.5, 0.6) is 0 Å². The monoisotopic (exact) mass is 364 g/mol. The van der Waals surface area contributed by atoms with Gasteiger partial charge in [-0.2, -0.15) is 0 Å². The standard InChI is InChI=1S/C21H32O5/c1-5-6-15-7-8-16(17(11-15)9-13(2)3)12-25-21-19(22)14(4)10-18(26-21)20(23)24/h7-8,11,13-14,18-19,21-22H,5-6,9-10,12H2,1-4H3,(H,23,24)/t14-,18-,19+,21+/m0/s1. The Morgan fingerprint density at radius 1 is 1.35 bits per heavy atom. The molecule has 0 saturated carbocycles.